The maximum absolute atomic E-state index is 13.3. The fourth-order valence-corrected chi connectivity index (χ4v) is 1.62. The average molecular weight is 355 g/mol. The van der Waals surface area contributed by atoms with Crippen LogP contribution in [-0.2, 0) is 9.53 Å². The van der Waals surface area contributed by atoms with Crippen LogP contribution in [0.2, 0.25) is 0 Å². The zero-order valence-corrected chi connectivity index (χ0v) is 13.0. The summed E-state index contributed by atoms with van der Waals surface area (Å²) in [6.45, 7) is 1.61. The summed E-state index contributed by atoms with van der Waals surface area (Å²) in [4.78, 5) is 23.3. The van der Waals surface area contributed by atoms with Gasteiger partial charge in [-0.1, -0.05) is 11.6 Å². The lowest BCUT2D eigenvalue weighted by Crippen LogP contribution is -2.33. The molecule has 0 heterocycles. The number of alkyl halides is 4. The summed E-state index contributed by atoms with van der Waals surface area (Å²) in [5, 5.41) is 0. The molecule has 1 rings (SSSR count). The molecule has 0 fully saturated rings. The number of carbonyl (C=O) groups is 2. The van der Waals surface area contributed by atoms with Gasteiger partial charge in [0.15, 0.2) is 5.78 Å². The molecule has 1 aromatic rings. The number of hydrogen-bond donors (Lipinski definition) is 0. The lowest BCUT2D eigenvalue weighted by Gasteiger charge is -2.20. The summed E-state index contributed by atoms with van der Waals surface area (Å²) < 4.78 is 53.0. The number of esters is 1. The second kappa shape index (κ2) is 8.05. The van der Waals surface area contributed by atoms with Crippen molar-refractivity contribution in [1.82, 2.24) is 0 Å². The minimum Gasteiger partial charge on any atom is -0.497 e. The van der Waals surface area contributed by atoms with Crippen molar-refractivity contribution in [3.63, 3.8) is 0 Å². The number of Topliss-reactive ketones (excluding diaryl/α,β-unsaturated/α-hetero) is 1. The van der Waals surface area contributed by atoms with Crippen LogP contribution in [0.5, 0.6) is 11.5 Å². The van der Waals surface area contributed by atoms with Crippen LogP contribution in [0.25, 0.3) is 0 Å². The quantitative estimate of drug-likeness (QED) is 0.310. The third kappa shape index (κ3) is 5.31. The van der Waals surface area contributed by atoms with Gasteiger partial charge < -0.3 is 14.2 Å². The molecule has 0 spiro atoms. The number of hydrogen-bond acceptors (Lipinski definition) is 5. The Morgan fingerprint density at radius 3 is 2.52 bits per heavy atom. The Bertz CT molecular complexity index is 578. The maximum atomic E-state index is 13.3. The molecule has 1 atom stereocenters. The summed E-state index contributed by atoms with van der Waals surface area (Å²) >= 11 is 4.72. The predicted octanol–water partition coefficient (Wildman–Crippen LogP) is 3.34. The fraction of sp³-hybridized carbons (Fsp3) is 0.429. The standard InChI is InChI=1S/C14H14ClF3O5/c1-3-22-12(20)7-10(19)9-5-4-8(21-2)6-11(9)23-14(17,18)13(15)16/h4-6,13H,3,7H2,1-2H3. The Morgan fingerprint density at radius 1 is 1.35 bits per heavy atom. The molecule has 9 heteroatoms. The van der Waals surface area contributed by atoms with Crippen molar-refractivity contribution in [2.75, 3.05) is 13.7 Å². The van der Waals surface area contributed by atoms with Gasteiger partial charge in [0.2, 0.25) is 0 Å². The summed E-state index contributed by atoms with van der Waals surface area (Å²) in [6, 6.07) is 3.38. The van der Waals surface area contributed by atoms with Gasteiger partial charge in [0.1, 0.15) is 17.9 Å². The molecular weight excluding hydrogens is 341 g/mol. The Morgan fingerprint density at radius 2 is 2.00 bits per heavy atom. The smallest absolute Gasteiger partial charge is 0.444 e. The molecule has 0 radical (unpaired) electrons. The van der Waals surface area contributed by atoms with Crippen molar-refractivity contribution in [2.24, 2.45) is 0 Å². The van der Waals surface area contributed by atoms with Crippen molar-refractivity contribution in [2.45, 2.75) is 25.1 Å². The zero-order valence-electron chi connectivity index (χ0n) is 12.3. The monoisotopic (exact) mass is 354 g/mol. The molecule has 0 aromatic heterocycles. The second-order valence-electron chi connectivity index (χ2n) is 4.23. The predicted molar refractivity (Wildman–Crippen MR) is 74.9 cm³/mol. The molecule has 0 saturated carbocycles. The van der Waals surface area contributed by atoms with Crippen molar-refractivity contribution < 1.29 is 37.0 Å². The largest absolute Gasteiger partial charge is 0.497 e. The first-order valence-electron chi connectivity index (χ1n) is 6.43. The van der Waals surface area contributed by atoms with Crippen LogP contribution in [0.4, 0.5) is 13.2 Å². The summed E-state index contributed by atoms with van der Waals surface area (Å²) in [5.74, 6) is -2.23. The Kier molecular flexibility index (Phi) is 6.68. The molecule has 0 amide bonds. The minimum absolute atomic E-state index is 0.0614. The normalized spacial score (nSPS) is 12.4. The molecule has 0 aliphatic carbocycles. The van der Waals surface area contributed by atoms with Gasteiger partial charge >= 0.3 is 12.1 Å². The van der Waals surface area contributed by atoms with E-state index in [2.05, 4.69) is 9.47 Å². The van der Waals surface area contributed by atoms with Gasteiger partial charge in [0.25, 0.3) is 5.63 Å². The third-order valence-electron chi connectivity index (χ3n) is 2.60. The van der Waals surface area contributed by atoms with E-state index in [0.29, 0.717) is 0 Å². The number of ether oxygens (including phenoxy) is 3. The SMILES string of the molecule is CCOC(=O)CC(=O)c1ccc(OC)cc1OC(F)(F)C(F)Cl. The van der Waals surface area contributed by atoms with E-state index in [-0.39, 0.29) is 17.9 Å². The van der Waals surface area contributed by atoms with E-state index in [0.717, 1.165) is 12.1 Å². The van der Waals surface area contributed by atoms with Crippen molar-refractivity contribution in [3.8, 4) is 11.5 Å². The molecule has 1 unspecified atom stereocenters. The van der Waals surface area contributed by atoms with Crippen LogP contribution in [0.15, 0.2) is 18.2 Å². The Hall–Kier alpha value is -1.96. The van der Waals surface area contributed by atoms with Crippen molar-refractivity contribution in [1.29, 1.82) is 0 Å². The lowest BCUT2D eigenvalue weighted by atomic mass is 10.1. The van der Waals surface area contributed by atoms with Crippen LogP contribution in [0, 0.1) is 0 Å². The Labute approximate surface area is 135 Å². The van der Waals surface area contributed by atoms with E-state index in [9.17, 15) is 22.8 Å². The van der Waals surface area contributed by atoms with E-state index < -0.39 is 35.7 Å². The lowest BCUT2D eigenvalue weighted by molar-refractivity contribution is -0.199. The molecule has 128 valence electrons. The molecular formula is C14H14ClF3O5. The van der Waals surface area contributed by atoms with Gasteiger partial charge in [0, 0.05) is 6.07 Å². The van der Waals surface area contributed by atoms with Crippen LogP contribution < -0.4 is 9.47 Å². The van der Waals surface area contributed by atoms with Gasteiger partial charge in [-0.3, -0.25) is 9.59 Å². The molecule has 0 saturated heterocycles. The molecule has 0 N–H and O–H groups in total. The molecule has 0 aliphatic heterocycles. The zero-order chi connectivity index (χ0) is 17.6. The van der Waals surface area contributed by atoms with E-state index in [1.54, 1.807) is 6.92 Å². The number of carbonyl (C=O) groups excluding carboxylic acids is 2. The van der Waals surface area contributed by atoms with E-state index in [1.807, 2.05) is 0 Å². The summed E-state index contributed by atoms with van der Waals surface area (Å²) in [7, 11) is 1.26. The topological polar surface area (TPSA) is 61.8 Å². The first-order chi connectivity index (χ1) is 10.7. The summed E-state index contributed by atoms with van der Waals surface area (Å²) in [6.07, 6.45) is -5.05. The van der Waals surface area contributed by atoms with Gasteiger partial charge in [-0.05, 0) is 19.1 Å². The molecule has 0 aliphatic rings. The maximum Gasteiger partial charge on any atom is 0.444 e. The van der Waals surface area contributed by atoms with Gasteiger partial charge in [-0.15, -0.1) is 0 Å². The van der Waals surface area contributed by atoms with E-state index in [1.165, 1.54) is 13.2 Å². The van der Waals surface area contributed by atoms with Crippen LogP contribution in [0.1, 0.15) is 23.7 Å². The minimum atomic E-state index is -4.37. The number of benzene rings is 1. The number of methoxy groups -OCH3 is 1. The first kappa shape index (κ1) is 19.1. The molecule has 23 heavy (non-hydrogen) atoms. The first-order valence-corrected chi connectivity index (χ1v) is 6.86. The number of ketones is 1. The highest BCUT2D eigenvalue weighted by molar-refractivity contribution is 6.20. The number of halogens is 4. The average Bonchev–Trinajstić information content (AvgIpc) is 2.46. The second-order valence-corrected chi connectivity index (χ2v) is 4.61. The van der Waals surface area contributed by atoms with E-state index in [4.69, 9.17) is 16.3 Å². The van der Waals surface area contributed by atoms with Crippen LogP contribution in [-0.4, -0.2) is 37.2 Å². The van der Waals surface area contributed by atoms with Gasteiger partial charge in [-0.25, -0.2) is 4.39 Å². The summed E-state index contributed by atoms with van der Waals surface area (Å²) in [5.41, 5.74) is -3.47. The highest BCUT2D eigenvalue weighted by atomic mass is 35.5. The fourth-order valence-electron chi connectivity index (χ4n) is 1.57. The van der Waals surface area contributed by atoms with E-state index >= 15 is 0 Å². The van der Waals surface area contributed by atoms with Crippen molar-refractivity contribution >= 4 is 23.4 Å². The van der Waals surface area contributed by atoms with Crippen molar-refractivity contribution in [3.05, 3.63) is 23.8 Å². The van der Waals surface area contributed by atoms with Gasteiger partial charge in [-0.2, -0.15) is 8.78 Å². The van der Waals surface area contributed by atoms with Crippen LogP contribution in [0.3, 0.4) is 0 Å². The third-order valence-corrected chi connectivity index (χ3v) is 2.85. The van der Waals surface area contributed by atoms with Crippen LogP contribution >= 0.6 is 11.6 Å². The van der Waals surface area contributed by atoms with Gasteiger partial charge in [0.05, 0.1) is 19.3 Å². The number of rotatable bonds is 8. The highest BCUT2D eigenvalue weighted by Gasteiger charge is 2.43. The Balaban J connectivity index is 3.11. The molecule has 0 bridgehead atoms. The highest BCUT2D eigenvalue weighted by Crippen LogP contribution is 2.33. The molecule has 5 nitrogen and oxygen atoms in total. The molecule has 1 aromatic carbocycles.